The normalized spacial score (nSPS) is 34.8. The smallest absolute Gasteiger partial charge is 0.243 e. The van der Waals surface area contributed by atoms with Crippen LogP contribution in [-0.2, 0) is 0 Å². The van der Waals surface area contributed by atoms with Crippen molar-refractivity contribution >= 4 is 0 Å². The van der Waals surface area contributed by atoms with Crippen LogP contribution in [0.2, 0.25) is 0 Å². The van der Waals surface area contributed by atoms with E-state index in [1.807, 2.05) is 0 Å². The van der Waals surface area contributed by atoms with E-state index in [0.717, 1.165) is 17.7 Å². The molecule has 0 amide bonds. The Morgan fingerprint density at radius 1 is 1.25 bits per heavy atom. The van der Waals surface area contributed by atoms with E-state index >= 15 is 0 Å². The summed E-state index contributed by atoms with van der Waals surface area (Å²) < 4.78 is 5.39. The van der Waals surface area contributed by atoms with Crippen molar-refractivity contribution in [3.05, 3.63) is 11.7 Å². The van der Waals surface area contributed by atoms with Crippen molar-refractivity contribution in [2.45, 2.75) is 64.0 Å². The minimum absolute atomic E-state index is 0.0262. The predicted octanol–water partition coefficient (Wildman–Crippen LogP) is 2.39. The Kier molecular flexibility index (Phi) is 4.08. The van der Waals surface area contributed by atoms with Crippen molar-refractivity contribution in [1.29, 1.82) is 0 Å². The zero-order valence-electron chi connectivity index (χ0n) is 12.4. The first-order chi connectivity index (χ1) is 9.63. The summed E-state index contributed by atoms with van der Waals surface area (Å²) in [5.74, 6) is 3.59. The van der Waals surface area contributed by atoms with Gasteiger partial charge in [-0.25, -0.2) is 0 Å². The largest absolute Gasteiger partial charge is 0.392 e. The fourth-order valence-electron chi connectivity index (χ4n) is 3.50. The van der Waals surface area contributed by atoms with Crippen LogP contribution in [0.5, 0.6) is 0 Å². The topological polar surface area (TPSA) is 71.2 Å². The fraction of sp³-hybridized carbons (Fsp3) is 0.867. The fourth-order valence-corrected chi connectivity index (χ4v) is 3.50. The number of nitrogens with one attached hydrogen (secondary N) is 1. The molecule has 112 valence electrons. The number of rotatable bonds is 3. The molecule has 2 atom stereocenters. The van der Waals surface area contributed by atoms with Crippen LogP contribution >= 0.6 is 0 Å². The van der Waals surface area contributed by atoms with E-state index in [9.17, 15) is 5.11 Å². The first-order valence-electron chi connectivity index (χ1n) is 7.88. The maximum Gasteiger partial charge on any atom is 0.243 e. The molecule has 1 aliphatic heterocycles. The zero-order valence-corrected chi connectivity index (χ0v) is 12.4. The highest BCUT2D eigenvalue weighted by Crippen LogP contribution is 2.38. The van der Waals surface area contributed by atoms with Crippen LogP contribution in [0.1, 0.15) is 69.6 Å². The lowest BCUT2D eigenvalue weighted by Gasteiger charge is -2.29. The van der Waals surface area contributed by atoms with Crippen LogP contribution in [0.15, 0.2) is 4.52 Å². The van der Waals surface area contributed by atoms with Gasteiger partial charge in [0.15, 0.2) is 5.82 Å². The number of aliphatic hydroxyl groups is 1. The summed E-state index contributed by atoms with van der Waals surface area (Å²) in [7, 11) is 0. The molecule has 1 saturated carbocycles. The molecule has 0 unspecified atom stereocenters. The number of β-amino-alcohol motifs (C(OH)–C–C–N with tert-alkyl or cyclic N) is 1. The van der Waals surface area contributed by atoms with E-state index in [2.05, 4.69) is 29.3 Å². The van der Waals surface area contributed by atoms with E-state index in [1.54, 1.807) is 0 Å². The van der Waals surface area contributed by atoms with Gasteiger partial charge >= 0.3 is 0 Å². The maximum atomic E-state index is 9.55. The van der Waals surface area contributed by atoms with Gasteiger partial charge in [0.2, 0.25) is 5.89 Å². The minimum Gasteiger partial charge on any atom is -0.392 e. The van der Waals surface area contributed by atoms with E-state index in [4.69, 9.17) is 4.52 Å². The molecule has 1 aromatic heterocycles. The third-order valence-electron chi connectivity index (χ3n) is 4.94. The van der Waals surface area contributed by atoms with Crippen molar-refractivity contribution < 1.29 is 9.63 Å². The SMILES string of the molecule is CC(C)C1CCC(c2noc([C@@H]3C[C@@H](O)CN3)n2)CC1. The van der Waals surface area contributed by atoms with Gasteiger partial charge < -0.3 is 14.9 Å². The molecule has 20 heavy (non-hydrogen) atoms. The Bertz CT molecular complexity index is 438. The van der Waals surface area contributed by atoms with Crippen molar-refractivity contribution in [3.8, 4) is 0 Å². The lowest BCUT2D eigenvalue weighted by molar-refractivity contribution is 0.191. The molecule has 1 aromatic rings. The number of aromatic nitrogens is 2. The quantitative estimate of drug-likeness (QED) is 0.889. The highest BCUT2D eigenvalue weighted by molar-refractivity contribution is 5.02. The Balaban J connectivity index is 1.60. The van der Waals surface area contributed by atoms with Gasteiger partial charge in [0.1, 0.15) is 0 Å². The molecule has 1 saturated heterocycles. The molecule has 0 radical (unpaired) electrons. The lowest BCUT2D eigenvalue weighted by Crippen LogP contribution is -2.18. The lowest BCUT2D eigenvalue weighted by atomic mass is 9.77. The van der Waals surface area contributed by atoms with Crippen LogP contribution in [0.4, 0.5) is 0 Å². The summed E-state index contributed by atoms with van der Waals surface area (Å²) in [6, 6.07) is 0.0262. The summed E-state index contributed by atoms with van der Waals surface area (Å²) in [5.41, 5.74) is 0. The molecule has 3 rings (SSSR count). The Morgan fingerprint density at radius 2 is 2.00 bits per heavy atom. The number of hydrogen-bond donors (Lipinski definition) is 2. The molecule has 0 spiro atoms. The van der Waals surface area contributed by atoms with Crippen molar-refractivity contribution in [2.24, 2.45) is 11.8 Å². The van der Waals surface area contributed by atoms with Gasteiger partial charge in [0.25, 0.3) is 0 Å². The van der Waals surface area contributed by atoms with Crippen LogP contribution in [-0.4, -0.2) is 27.9 Å². The van der Waals surface area contributed by atoms with Crippen LogP contribution in [0, 0.1) is 11.8 Å². The zero-order chi connectivity index (χ0) is 14.1. The second-order valence-electron chi connectivity index (χ2n) is 6.70. The van der Waals surface area contributed by atoms with Gasteiger partial charge in [-0.2, -0.15) is 4.98 Å². The Labute approximate surface area is 120 Å². The van der Waals surface area contributed by atoms with Gasteiger partial charge in [-0.15, -0.1) is 0 Å². The molecule has 5 heteroatoms. The summed E-state index contributed by atoms with van der Waals surface area (Å²) in [6.45, 7) is 5.24. The van der Waals surface area contributed by atoms with Crippen LogP contribution in [0.3, 0.4) is 0 Å². The summed E-state index contributed by atoms with van der Waals surface area (Å²) in [6.07, 6.45) is 5.25. The van der Waals surface area contributed by atoms with Crippen molar-refractivity contribution in [3.63, 3.8) is 0 Å². The first-order valence-corrected chi connectivity index (χ1v) is 7.88. The maximum absolute atomic E-state index is 9.55. The highest BCUT2D eigenvalue weighted by atomic mass is 16.5. The average Bonchev–Trinajstić information content (AvgIpc) is 3.07. The monoisotopic (exact) mass is 279 g/mol. The van der Waals surface area contributed by atoms with Crippen molar-refractivity contribution in [2.75, 3.05) is 6.54 Å². The van der Waals surface area contributed by atoms with Crippen LogP contribution < -0.4 is 5.32 Å². The van der Waals surface area contributed by atoms with Gasteiger partial charge in [-0.1, -0.05) is 19.0 Å². The molecular weight excluding hydrogens is 254 g/mol. The Morgan fingerprint density at radius 3 is 2.60 bits per heavy atom. The van der Waals surface area contributed by atoms with E-state index in [0.29, 0.717) is 24.8 Å². The third-order valence-corrected chi connectivity index (χ3v) is 4.94. The predicted molar refractivity (Wildman–Crippen MR) is 75.2 cm³/mol. The second kappa shape index (κ2) is 5.82. The second-order valence-corrected chi connectivity index (χ2v) is 6.70. The Hall–Kier alpha value is -0.940. The molecular formula is C15H25N3O2. The summed E-state index contributed by atoms with van der Waals surface area (Å²) >= 11 is 0. The number of nitrogens with zero attached hydrogens (tertiary/aromatic N) is 2. The van der Waals surface area contributed by atoms with Gasteiger partial charge in [0, 0.05) is 12.5 Å². The van der Waals surface area contributed by atoms with Crippen LogP contribution in [0.25, 0.3) is 0 Å². The van der Waals surface area contributed by atoms with Gasteiger partial charge in [0.05, 0.1) is 12.1 Å². The standard InChI is InChI=1S/C15H25N3O2/c1-9(2)10-3-5-11(6-4-10)14-17-15(20-18-14)13-7-12(19)8-16-13/h9-13,16,19H,3-8H2,1-2H3/t10?,11?,12-,13+/m1/s1. The molecule has 0 aromatic carbocycles. The third kappa shape index (κ3) is 2.88. The van der Waals surface area contributed by atoms with Gasteiger partial charge in [-0.3, -0.25) is 0 Å². The highest BCUT2D eigenvalue weighted by Gasteiger charge is 2.31. The minimum atomic E-state index is -0.295. The average molecular weight is 279 g/mol. The van der Waals surface area contributed by atoms with E-state index in [1.165, 1.54) is 25.7 Å². The molecule has 2 fully saturated rings. The van der Waals surface area contributed by atoms with E-state index < -0.39 is 0 Å². The molecule has 1 aliphatic carbocycles. The summed E-state index contributed by atoms with van der Waals surface area (Å²) in [5, 5.41) is 16.9. The molecule has 2 heterocycles. The molecule has 2 N–H and O–H groups in total. The summed E-state index contributed by atoms with van der Waals surface area (Å²) in [4.78, 5) is 4.57. The van der Waals surface area contributed by atoms with E-state index in [-0.39, 0.29) is 12.1 Å². The first kappa shape index (κ1) is 14.0. The number of aliphatic hydroxyl groups excluding tert-OH is 1. The number of hydrogen-bond acceptors (Lipinski definition) is 5. The molecule has 5 nitrogen and oxygen atoms in total. The van der Waals surface area contributed by atoms with Gasteiger partial charge in [-0.05, 0) is 43.9 Å². The molecule has 0 bridgehead atoms. The molecule has 2 aliphatic rings. The van der Waals surface area contributed by atoms with Crippen molar-refractivity contribution in [1.82, 2.24) is 15.5 Å².